The lowest BCUT2D eigenvalue weighted by Gasteiger charge is -2.25. The second kappa shape index (κ2) is 9.79. The van der Waals surface area contributed by atoms with Gasteiger partial charge in [-0.3, -0.25) is 9.36 Å². The number of benzene rings is 2. The summed E-state index contributed by atoms with van der Waals surface area (Å²) >= 11 is 1.18. The van der Waals surface area contributed by atoms with E-state index in [1.165, 1.54) is 23.0 Å². The van der Waals surface area contributed by atoms with Crippen molar-refractivity contribution in [2.75, 3.05) is 20.8 Å². The predicted molar refractivity (Wildman–Crippen MR) is 133 cm³/mol. The molecule has 182 valence electrons. The Balaban J connectivity index is 1.98. The molecule has 1 unspecified atom stereocenters. The number of nitrogens with zero attached hydrogens (tertiary/aromatic N) is 2. The monoisotopic (exact) mass is 494 g/mol. The standard InChI is InChI=1S/C26H26N2O6S/c1-6-34-25(31)21-15(3)27-26-28(22(21)16-11-10-14(2)19(12-16)33-5)24(30)20(35-26)13-17-8-7-9-18(32-4)23(17)29/h7-13,22,29H,6H2,1-5H3/b20-13-. The average Bonchev–Trinajstić information content (AvgIpc) is 3.14. The van der Waals surface area contributed by atoms with Crippen molar-refractivity contribution in [2.24, 2.45) is 4.99 Å². The molecule has 1 aliphatic heterocycles. The van der Waals surface area contributed by atoms with Crippen molar-refractivity contribution in [3.63, 3.8) is 0 Å². The molecule has 0 spiro atoms. The molecule has 2 aromatic carbocycles. The van der Waals surface area contributed by atoms with Crippen molar-refractivity contribution in [1.82, 2.24) is 4.57 Å². The molecule has 0 saturated carbocycles. The summed E-state index contributed by atoms with van der Waals surface area (Å²) in [5.74, 6) is 0.349. The van der Waals surface area contributed by atoms with Crippen LogP contribution in [0.3, 0.4) is 0 Å². The van der Waals surface area contributed by atoms with Crippen LogP contribution in [0.15, 0.2) is 57.5 Å². The summed E-state index contributed by atoms with van der Waals surface area (Å²) in [5.41, 5.74) is 2.49. The van der Waals surface area contributed by atoms with Gasteiger partial charge in [0, 0.05) is 5.56 Å². The number of para-hydroxylation sites is 1. The molecule has 8 nitrogen and oxygen atoms in total. The van der Waals surface area contributed by atoms with Crippen molar-refractivity contribution in [3.8, 4) is 17.2 Å². The van der Waals surface area contributed by atoms with Crippen LogP contribution in [0.25, 0.3) is 6.08 Å². The van der Waals surface area contributed by atoms with E-state index in [4.69, 9.17) is 14.2 Å². The summed E-state index contributed by atoms with van der Waals surface area (Å²) in [6.45, 7) is 5.57. The molecule has 35 heavy (non-hydrogen) atoms. The first kappa shape index (κ1) is 24.3. The molecule has 2 heterocycles. The number of phenolic OH excluding ortho intramolecular Hbond substituents is 1. The molecule has 4 rings (SSSR count). The number of hydrogen-bond acceptors (Lipinski definition) is 8. The first-order valence-corrected chi connectivity index (χ1v) is 11.8. The summed E-state index contributed by atoms with van der Waals surface area (Å²) in [4.78, 5) is 31.7. The maximum atomic E-state index is 13.7. The van der Waals surface area contributed by atoms with Gasteiger partial charge in [-0.2, -0.15) is 0 Å². The number of carbonyl (C=O) groups excluding carboxylic acids is 1. The first-order valence-electron chi connectivity index (χ1n) is 11.0. The lowest BCUT2D eigenvalue weighted by Crippen LogP contribution is -2.40. The largest absolute Gasteiger partial charge is 0.504 e. The van der Waals surface area contributed by atoms with Crippen molar-refractivity contribution >= 4 is 23.4 Å². The minimum Gasteiger partial charge on any atom is -0.504 e. The summed E-state index contributed by atoms with van der Waals surface area (Å²) in [7, 11) is 3.04. The molecular weight excluding hydrogens is 468 g/mol. The van der Waals surface area contributed by atoms with E-state index in [-0.39, 0.29) is 17.9 Å². The molecule has 0 radical (unpaired) electrons. The second-order valence-corrected chi connectivity index (χ2v) is 8.94. The maximum absolute atomic E-state index is 13.7. The van der Waals surface area contributed by atoms with Crippen molar-refractivity contribution in [2.45, 2.75) is 26.8 Å². The number of ether oxygens (including phenoxy) is 3. The van der Waals surface area contributed by atoms with E-state index in [1.807, 2.05) is 25.1 Å². The molecule has 0 fully saturated rings. The van der Waals surface area contributed by atoms with Gasteiger partial charge in [0.25, 0.3) is 5.56 Å². The highest BCUT2D eigenvalue weighted by atomic mass is 32.1. The third-order valence-electron chi connectivity index (χ3n) is 5.80. The Kier molecular flexibility index (Phi) is 6.79. The van der Waals surface area contributed by atoms with Gasteiger partial charge < -0.3 is 19.3 Å². The minimum atomic E-state index is -0.749. The van der Waals surface area contributed by atoms with Crippen LogP contribution in [-0.4, -0.2) is 36.5 Å². The SMILES string of the molecule is CCOC(=O)C1=C(C)N=c2s/c(=C\c3cccc(OC)c3O)c(=O)n2C1c1ccc(C)c(OC)c1. The molecular formula is C26H26N2O6S. The number of rotatable bonds is 6. The minimum absolute atomic E-state index is 0.0657. The molecule has 1 aliphatic rings. The highest BCUT2D eigenvalue weighted by molar-refractivity contribution is 7.07. The molecule has 9 heteroatoms. The Morgan fingerprint density at radius 2 is 1.91 bits per heavy atom. The molecule has 0 bridgehead atoms. The van der Waals surface area contributed by atoms with Crippen LogP contribution in [-0.2, 0) is 9.53 Å². The van der Waals surface area contributed by atoms with Crippen molar-refractivity contribution < 1.29 is 24.1 Å². The van der Waals surface area contributed by atoms with E-state index in [0.717, 1.165) is 5.56 Å². The van der Waals surface area contributed by atoms with Crippen LogP contribution in [0.2, 0.25) is 0 Å². The van der Waals surface area contributed by atoms with Crippen LogP contribution < -0.4 is 24.4 Å². The lowest BCUT2D eigenvalue weighted by atomic mass is 9.95. The quantitative estimate of drug-likeness (QED) is 0.529. The fourth-order valence-corrected chi connectivity index (χ4v) is 5.11. The van der Waals surface area contributed by atoms with Gasteiger partial charge in [0.15, 0.2) is 16.3 Å². The maximum Gasteiger partial charge on any atom is 0.338 e. The normalized spacial score (nSPS) is 15.5. The molecule has 0 amide bonds. The number of aromatic nitrogens is 1. The summed E-state index contributed by atoms with van der Waals surface area (Å²) in [6, 6.07) is 9.87. The summed E-state index contributed by atoms with van der Waals surface area (Å²) in [5, 5.41) is 10.5. The molecule has 1 N–H and O–H groups in total. The highest BCUT2D eigenvalue weighted by Gasteiger charge is 2.33. The Morgan fingerprint density at radius 3 is 2.60 bits per heavy atom. The number of methoxy groups -OCH3 is 2. The zero-order valence-electron chi connectivity index (χ0n) is 20.1. The molecule has 0 aliphatic carbocycles. The fourth-order valence-electron chi connectivity index (χ4n) is 4.08. The Bertz CT molecular complexity index is 1520. The van der Waals surface area contributed by atoms with E-state index >= 15 is 0 Å². The molecule has 3 aromatic rings. The van der Waals surface area contributed by atoms with E-state index in [9.17, 15) is 14.7 Å². The van der Waals surface area contributed by atoms with E-state index < -0.39 is 12.0 Å². The summed E-state index contributed by atoms with van der Waals surface area (Å²) in [6.07, 6.45) is 1.60. The van der Waals surface area contributed by atoms with E-state index in [2.05, 4.69) is 4.99 Å². The molecule has 1 aromatic heterocycles. The first-order chi connectivity index (χ1) is 16.8. The number of phenols is 1. The molecule has 1 atom stereocenters. The number of carbonyl (C=O) groups is 1. The number of thiazole rings is 1. The number of hydrogen-bond donors (Lipinski definition) is 1. The third kappa shape index (κ3) is 4.35. The highest BCUT2D eigenvalue weighted by Crippen LogP contribution is 2.34. The van der Waals surface area contributed by atoms with Gasteiger partial charge in [-0.15, -0.1) is 0 Å². The van der Waals surface area contributed by atoms with Gasteiger partial charge >= 0.3 is 5.97 Å². The van der Waals surface area contributed by atoms with Gasteiger partial charge in [0.05, 0.1) is 42.7 Å². The number of aryl methyl sites for hydroxylation is 1. The van der Waals surface area contributed by atoms with Crippen molar-refractivity contribution in [3.05, 3.63) is 84.0 Å². The Hall–Kier alpha value is -3.85. The van der Waals surface area contributed by atoms with Crippen molar-refractivity contribution in [1.29, 1.82) is 0 Å². The van der Waals surface area contributed by atoms with Gasteiger partial charge in [-0.25, -0.2) is 9.79 Å². The number of esters is 1. The average molecular weight is 495 g/mol. The number of aromatic hydroxyl groups is 1. The zero-order chi connectivity index (χ0) is 25.3. The second-order valence-electron chi connectivity index (χ2n) is 7.93. The smallest absolute Gasteiger partial charge is 0.338 e. The number of fused-ring (bicyclic) bond motifs is 1. The van der Waals surface area contributed by atoms with Gasteiger partial charge in [0.2, 0.25) is 0 Å². The summed E-state index contributed by atoms with van der Waals surface area (Å²) < 4.78 is 17.9. The number of allylic oxidation sites excluding steroid dienone is 1. The van der Waals surface area contributed by atoms with Gasteiger partial charge in [-0.05, 0) is 50.1 Å². The Labute approximate surface area is 206 Å². The van der Waals surface area contributed by atoms with Crippen LogP contribution in [0.1, 0.15) is 36.6 Å². The topological polar surface area (TPSA) is 99.4 Å². The van der Waals surface area contributed by atoms with E-state index in [0.29, 0.717) is 43.2 Å². The van der Waals surface area contributed by atoms with Crippen LogP contribution in [0, 0.1) is 6.92 Å². The molecule has 0 saturated heterocycles. The van der Waals surface area contributed by atoms with Gasteiger partial charge in [0.1, 0.15) is 5.75 Å². The fraction of sp³-hybridized carbons (Fsp3) is 0.269. The van der Waals surface area contributed by atoms with Crippen LogP contribution >= 0.6 is 11.3 Å². The van der Waals surface area contributed by atoms with E-state index in [1.54, 1.807) is 45.2 Å². The van der Waals surface area contributed by atoms with Crippen LogP contribution in [0.5, 0.6) is 17.2 Å². The zero-order valence-corrected chi connectivity index (χ0v) is 20.9. The third-order valence-corrected chi connectivity index (χ3v) is 6.78. The Morgan fingerprint density at radius 1 is 1.17 bits per heavy atom. The van der Waals surface area contributed by atoms with Crippen LogP contribution in [0.4, 0.5) is 0 Å². The lowest BCUT2D eigenvalue weighted by molar-refractivity contribution is -0.139. The van der Waals surface area contributed by atoms with Gasteiger partial charge in [-0.1, -0.05) is 35.6 Å². The predicted octanol–water partition coefficient (Wildman–Crippen LogP) is 2.83.